The number of rotatable bonds is 7. The number of pyridine rings is 1. The van der Waals surface area contributed by atoms with Crippen LogP contribution in [-0.4, -0.2) is 20.6 Å². The monoisotopic (exact) mass is 571 g/mol. The molecular formula is C32H34ClN5OS. The van der Waals surface area contributed by atoms with Crippen molar-refractivity contribution in [2.24, 2.45) is 5.92 Å². The molecule has 1 fully saturated rings. The van der Waals surface area contributed by atoms with Crippen molar-refractivity contribution in [3.63, 3.8) is 0 Å². The summed E-state index contributed by atoms with van der Waals surface area (Å²) in [6, 6.07) is 22.0. The fourth-order valence-electron chi connectivity index (χ4n) is 5.47. The van der Waals surface area contributed by atoms with Gasteiger partial charge < -0.3 is 20.1 Å². The number of nitrogens with zero attached hydrogens (tertiary/aromatic N) is 3. The van der Waals surface area contributed by atoms with Gasteiger partial charge in [-0.2, -0.15) is 0 Å². The van der Waals surface area contributed by atoms with Gasteiger partial charge in [-0.3, -0.25) is 9.78 Å². The summed E-state index contributed by atoms with van der Waals surface area (Å²) in [5.74, 6) is -0.233. The van der Waals surface area contributed by atoms with Crippen LogP contribution in [0.2, 0.25) is 5.02 Å². The first kappa shape index (κ1) is 27.9. The lowest BCUT2D eigenvalue weighted by atomic mass is 9.96. The third-order valence-corrected chi connectivity index (χ3v) is 8.14. The topological polar surface area (TPSA) is 62.2 Å². The fraction of sp³-hybridized carbons (Fsp3) is 0.281. The van der Waals surface area contributed by atoms with E-state index in [1.165, 1.54) is 11.3 Å². The molecule has 2 aromatic heterocycles. The molecule has 0 aliphatic carbocycles. The number of carbonyl (C=O) groups excluding carboxylic acids is 1. The van der Waals surface area contributed by atoms with E-state index in [1.807, 2.05) is 56.4 Å². The van der Waals surface area contributed by atoms with E-state index < -0.39 is 0 Å². The molecule has 0 saturated carbocycles. The largest absolute Gasteiger partial charge is 0.351 e. The van der Waals surface area contributed by atoms with Crippen molar-refractivity contribution in [2.45, 2.75) is 53.1 Å². The van der Waals surface area contributed by atoms with Crippen molar-refractivity contribution in [1.29, 1.82) is 0 Å². The highest BCUT2D eigenvalue weighted by atomic mass is 35.5. The first-order valence-corrected chi connectivity index (χ1v) is 14.4. The minimum absolute atomic E-state index is 0.0825. The minimum Gasteiger partial charge on any atom is -0.351 e. The van der Waals surface area contributed by atoms with Gasteiger partial charge >= 0.3 is 0 Å². The van der Waals surface area contributed by atoms with Crippen LogP contribution in [0.4, 0.5) is 11.4 Å². The van der Waals surface area contributed by atoms with E-state index in [-0.39, 0.29) is 23.9 Å². The van der Waals surface area contributed by atoms with Gasteiger partial charge in [0.25, 0.3) is 0 Å². The lowest BCUT2D eigenvalue weighted by Gasteiger charge is -2.28. The lowest BCUT2D eigenvalue weighted by Crippen LogP contribution is -2.29. The summed E-state index contributed by atoms with van der Waals surface area (Å²) in [5.41, 5.74) is 8.25. The zero-order chi connectivity index (χ0) is 28.6. The number of halogens is 1. The maximum absolute atomic E-state index is 12.3. The predicted octanol–water partition coefficient (Wildman–Crippen LogP) is 7.48. The van der Waals surface area contributed by atoms with Crippen molar-refractivity contribution >= 4 is 46.2 Å². The van der Waals surface area contributed by atoms with Crippen LogP contribution < -0.4 is 15.5 Å². The molecule has 206 valence electrons. The Balaban J connectivity index is 1.63. The molecule has 1 saturated heterocycles. The molecule has 3 heterocycles. The molecule has 0 unspecified atom stereocenters. The molecule has 0 spiro atoms. The fourth-order valence-corrected chi connectivity index (χ4v) is 6.03. The summed E-state index contributed by atoms with van der Waals surface area (Å²) in [5, 5.41) is 7.50. The van der Waals surface area contributed by atoms with E-state index in [0.29, 0.717) is 15.8 Å². The van der Waals surface area contributed by atoms with Crippen LogP contribution in [0, 0.1) is 19.8 Å². The van der Waals surface area contributed by atoms with Crippen molar-refractivity contribution in [1.82, 2.24) is 14.9 Å². The molecule has 1 aliphatic rings. The van der Waals surface area contributed by atoms with Crippen molar-refractivity contribution in [2.75, 3.05) is 10.2 Å². The average molecular weight is 572 g/mol. The molecule has 2 N–H and O–H groups in total. The number of aromatic nitrogens is 2. The molecular weight excluding hydrogens is 538 g/mol. The Bertz CT molecular complexity index is 1570. The molecule has 5 rings (SSSR count). The number of amides is 1. The van der Waals surface area contributed by atoms with Crippen LogP contribution in [-0.2, 0) is 11.2 Å². The van der Waals surface area contributed by atoms with Crippen molar-refractivity contribution in [3.8, 4) is 5.69 Å². The summed E-state index contributed by atoms with van der Waals surface area (Å²) in [6.07, 6.45) is 2.75. The van der Waals surface area contributed by atoms with Crippen LogP contribution in [0.15, 0.2) is 72.9 Å². The number of aryl methyl sites for hydroxylation is 2. The molecule has 1 amide bonds. The maximum atomic E-state index is 12.3. The summed E-state index contributed by atoms with van der Waals surface area (Å²) in [4.78, 5) is 19.1. The smallest absolute Gasteiger partial charge is 0.226 e. The Hall–Kier alpha value is -3.68. The molecule has 2 atom stereocenters. The quantitative estimate of drug-likeness (QED) is 0.225. The maximum Gasteiger partial charge on any atom is 0.226 e. The third-order valence-electron chi connectivity index (χ3n) is 7.51. The Morgan fingerprint density at radius 3 is 2.52 bits per heavy atom. The van der Waals surface area contributed by atoms with E-state index >= 15 is 0 Å². The molecule has 1 aliphatic heterocycles. The van der Waals surface area contributed by atoms with E-state index in [1.54, 1.807) is 0 Å². The van der Waals surface area contributed by atoms with Gasteiger partial charge in [0.1, 0.15) is 0 Å². The van der Waals surface area contributed by atoms with Gasteiger partial charge in [-0.25, -0.2) is 0 Å². The second-order valence-electron chi connectivity index (χ2n) is 10.4. The Morgan fingerprint density at radius 2 is 1.85 bits per heavy atom. The Morgan fingerprint density at radius 1 is 1.10 bits per heavy atom. The summed E-state index contributed by atoms with van der Waals surface area (Å²) >= 11 is 12.6. The second-order valence-corrected chi connectivity index (χ2v) is 11.2. The Kier molecular flexibility index (Phi) is 7.97. The first-order chi connectivity index (χ1) is 19.2. The molecule has 8 heteroatoms. The second kappa shape index (κ2) is 11.4. The van der Waals surface area contributed by atoms with Crippen molar-refractivity contribution in [3.05, 3.63) is 106 Å². The summed E-state index contributed by atoms with van der Waals surface area (Å²) in [6.45, 7) is 10.2. The molecule has 4 aromatic rings. The van der Waals surface area contributed by atoms with Crippen molar-refractivity contribution < 1.29 is 4.79 Å². The molecule has 0 radical (unpaired) electrons. The third kappa shape index (κ3) is 5.11. The highest BCUT2D eigenvalue weighted by molar-refractivity contribution is 7.80. The normalized spacial score (nSPS) is 16.9. The zero-order valence-corrected chi connectivity index (χ0v) is 25.0. The van der Waals surface area contributed by atoms with Gasteiger partial charge in [0, 0.05) is 34.9 Å². The minimum atomic E-state index is -0.178. The Labute approximate surface area is 246 Å². The van der Waals surface area contributed by atoms with Crippen LogP contribution >= 0.6 is 23.8 Å². The number of anilines is 2. The van der Waals surface area contributed by atoms with Gasteiger partial charge in [0.15, 0.2) is 5.11 Å². The predicted molar refractivity (Wildman–Crippen MR) is 167 cm³/mol. The molecule has 6 nitrogen and oxygen atoms in total. The van der Waals surface area contributed by atoms with E-state index in [9.17, 15) is 4.79 Å². The summed E-state index contributed by atoms with van der Waals surface area (Å²) in [7, 11) is 0. The molecule has 0 bridgehead atoms. The number of benzene rings is 2. The van der Waals surface area contributed by atoms with Crippen LogP contribution in [0.3, 0.4) is 0 Å². The molecule has 2 aromatic carbocycles. The van der Waals surface area contributed by atoms with Gasteiger partial charge in [-0.05, 0) is 86.1 Å². The van der Waals surface area contributed by atoms with Gasteiger partial charge in [0.05, 0.1) is 28.5 Å². The number of hydrogen-bond acceptors (Lipinski definition) is 3. The molecule has 40 heavy (non-hydrogen) atoms. The van der Waals surface area contributed by atoms with Crippen LogP contribution in [0.25, 0.3) is 5.69 Å². The number of nitrogens with one attached hydrogen (secondary N) is 2. The average Bonchev–Trinajstić information content (AvgIpc) is 3.44. The number of hydrogen-bond donors (Lipinski definition) is 2. The van der Waals surface area contributed by atoms with Crippen LogP contribution in [0.1, 0.15) is 61.1 Å². The van der Waals surface area contributed by atoms with E-state index in [4.69, 9.17) is 28.8 Å². The van der Waals surface area contributed by atoms with E-state index in [2.05, 4.69) is 71.2 Å². The van der Waals surface area contributed by atoms with Gasteiger partial charge in [-0.15, -0.1) is 0 Å². The van der Waals surface area contributed by atoms with E-state index in [0.717, 1.165) is 34.8 Å². The zero-order valence-electron chi connectivity index (χ0n) is 23.4. The number of thiocarbonyl (C=S) groups is 1. The number of para-hydroxylation sites is 1. The number of carbonyl (C=O) groups is 1. The highest BCUT2D eigenvalue weighted by Gasteiger charge is 2.42. The van der Waals surface area contributed by atoms with Crippen LogP contribution in [0.5, 0.6) is 0 Å². The summed E-state index contributed by atoms with van der Waals surface area (Å²) < 4.78 is 2.33. The standard InChI is InChI=1S/C32H34ClN5OS/c1-6-22-11-7-8-13-28(22)37-20(4)17-24(21(37)5)30-29(27-12-9-10-16-34-27)36-32(40)38(30)23-14-15-26(25(33)18-23)35-31(39)19(2)3/h7-19,29-30H,6H2,1-5H3,(H,35,39)(H,36,40)/t29-,30-/m0/s1. The lowest BCUT2D eigenvalue weighted by molar-refractivity contribution is -0.118. The first-order valence-electron chi connectivity index (χ1n) is 13.6. The van der Waals surface area contributed by atoms with Gasteiger partial charge in [-0.1, -0.05) is 56.6 Å². The SMILES string of the molecule is CCc1ccccc1-n1c(C)cc([C@H]2[C@H](c3ccccn3)NC(=S)N2c2ccc(NC(=O)C(C)C)c(Cl)c2)c1C. The van der Waals surface area contributed by atoms with Gasteiger partial charge in [0.2, 0.25) is 5.91 Å². The highest BCUT2D eigenvalue weighted by Crippen LogP contribution is 2.45.